The van der Waals surface area contributed by atoms with Crippen molar-refractivity contribution in [2.45, 2.75) is 32.9 Å². The number of alkyl carbamates (subject to hydrolysis) is 1. The fourth-order valence-electron chi connectivity index (χ4n) is 2.21. The number of hydrogen-bond donors (Lipinski definition) is 3. The molecule has 0 aliphatic heterocycles. The van der Waals surface area contributed by atoms with Crippen molar-refractivity contribution in [2.24, 2.45) is 0 Å². The van der Waals surface area contributed by atoms with Gasteiger partial charge in [-0.1, -0.05) is 29.3 Å². The number of aromatic nitrogens is 2. The summed E-state index contributed by atoms with van der Waals surface area (Å²) in [5.74, 6) is 0.215. The van der Waals surface area contributed by atoms with Gasteiger partial charge in [0.2, 0.25) is 11.8 Å². The number of carbonyl (C=O) groups is 1. The highest BCUT2D eigenvalue weighted by Crippen LogP contribution is 2.24. The van der Waals surface area contributed by atoms with E-state index in [1.807, 2.05) is 0 Å². The number of halogens is 2. The third-order valence-electron chi connectivity index (χ3n) is 3.49. The SMILES string of the molecule is CC(C)(C)OC(=O)NCCNc1nc(NCc2ccc(Cl)c(Cl)c2)ncc1[N+](=O)[O-]. The lowest BCUT2D eigenvalue weighted by Gasteiger charge is -2.19. The van der Waals surface area contributed by atoms with Crippen LogP contribution >= 0.6 is 23.2 Å². The van der Waals surface area contributed by atoms with Gasteiger partial charge in [-0.25, -0.2) is 9.78 Å². The predicted octanol–water partition coefficient (Wildman–Crippen LogP) is 4.24. The van der Waals surface area contributed by atoms with Crippen LogP contribution in [-0.4, -0.2) is 39.7 Å². The quantitative estimate of drug-likeness (QED) is 0.305. The van der Waals surface area contributed by atoms with Crippen molar-refractivity contribution >= 4 is 46.7 Å². The highest BCUT2D eigenvalue weighted by Gasteiger charge is 2.18. The van der Waals surface area contributed by atoms with Crippen LogP contribution in [0.3, 0.4) is 0 Å². The number of carbonyl (C=O) groups excluding carboxylic acids is 1. The van der Waals surface area contributed by atoms with Gasteiger partial charge in [-0.3, -0.25) is 10.1 Å². The van der Waals surface area contributed by atoms with E-state index in [9.17, 15) is 14.9 Å². The minimum absolute atomic E-state index is 0.0256. The third-order valence-corrected chi connectivity index (χ3v) is 4.23. The Hall–Kier alpha value is -2.85. The average molecular weight is 457 g/mol. The maximum atomic E-state index is 11.6. The van der Waals surface area contributed by atoms with E-state index in [1.54, 1.807) is 39.0 Å². The highest BCUT2D eigenvalue weighted by molar-refractivity contribution is 6.42. The topological polar surface area (TPSA) is 131 Å². The molecule has 2 rings (SSSR count). The third kappa shape index (κ3) is 7.53. The van der Waals surface area contributed by atoms with Crippen molar-refractivity contribution in [3.63, 3.8) is 0 Å². The van der Waals surface area contributed by atoms with Gasteiger partial charge in [0, 0.05) is 19.6 Å². The molecule has 1 amide bonds. The van der Waals surface area contributed by atoms with Crippen LogP contribution < -0.4 is 16.0 Å². The van der Waals surface area contributed by atoms with E-state index in [0.717, 1.165) is 11.8 Å². The van der Waals surface area contributed by atoms with E-state index in [0.29, 0.717) is 16.6 Å². The van der Waals surface area contributed by atoms with Crippen LogP contribution in [0.5, 0.6) is 0 Å². The molecule has 0 saturated heterocycles. The second kappa shape index (κ2) is 10.3. The fourth-order valence-corrected chi connectivity index (χ4v) is 2.54. The Bertz CT molecular complexity index is 920. The van der Waals surface area contributed by atoms with Crippen LogP contribution in [-0.2, 0) is 11.3 Å². The van der Waals surface area contributed by atoms with E-state index in [4.69, 9.17) is 27.9 Å². The molecule has 0 saturated carbocycles. The van der Waals surface area contributed by atoms with E-state index < -0.39 is 16.6 Å². The Labute approximate surface area is 183 Å². The molecule has 0 fully saturated rings. The molecule has 12 heteroatoms. The number of amides is 1. The van der Waals surface area contributed by atoms with Crippen molar-refractivity contribution < 1.29 is 14.5 Å². The summed E-state index contributed by atoms with van der Waals surface area (Å²) >= 11 is 11.9. The molecule has 0 aliphatic rings. The van der Waals surface area contributed by atoms with Crippen molar-refractivity contribution in [2.75, 3.05) is 23.7 Å². The van der Waals surface area contributed by atoms with Gasteiger partial charge in [-0.05, 0) is 38.5 Å². The molecule has 0 radical (unpaired) electrons. The molecule has 1 aromatic heterocycles. The maximum absolute atomic E-state index is 11.6. The van der Waals surface area contributed by atoms with E-state index in [1.165, 1.54) is 0 Å². The molecule has 0 bridgehead atoms. The zero-order chi connectivity index (χ0) is 22.3. The van der Waals surface area contributed by atoms with E-state index in [-0.39, 0.29) is 30.5 Å². The molecule has 0 spiro atoms. The normalized spacial score (nSPS) is 11.0. The summed E-state index contributed by atoms with van der Waals surface area (Å²) in [7, 11) is 0. The molecule has 2 aromatic rings. The Kier molecular flexibility index (Phi) is 8.01. The summed E-state index contributed by atoms with van der Waals surface area (Å²) in [4.78, 5) is 30.4. The number of nitrogens with one attached hydrogen (secondary N) is 3. The number of anilines is 2. The van der Waals surface area contributed by atoms with Gasteiger partial charge in [0.25, 0.3) is 0 Å². The van der Waals surface area contributed by atoms with Gasteiger partial charge < -0.3 is 20.7 Å². The number of benzene rings is 1. The van der Waals surface area contributed by atoms with Crippen LogP contribution in [0.15, 0.2) is 24.4 Å². The number of nitro groups is 1. The fraction of sp³-hybridized carbons (Fsp3) is 0.389. The van der Waals surface area contributed by atoms with Gasteiger partial charge in [0.15, 0.2) is 0 Å². The van der Waals surface area contributed by atoms with Gasteiger partial charge in [-0.2, -0.15) is 4.98 Å². The minimum atomic E-state index is -0.613. The Balaban J connectivity index is 1.97. The zero-order valence-corrected chi connectivity index (χ0v) is 18.2. The summed E-state index contributed by atoms with van der Waals surface area (Å²) in [6, 6.07) is 5.15. The lowest BCUT2D eigenvalue weighted by Crippen LogP contribution is -2.35. The van der Waals surface area contributed by atoms with Crippen LogP contribution in [0.25, 0.3) is 0 Å². The number of hydrogen-bond acceptors (Lipinski definition) is 8. The van der Waals surface area contributed by atoms with Crippen molar-refractivity contribution in [1.82, 2.24) is 15.3 Å². The summed E-state index contributed by atoms with van der Waals surface area (Å²) in [6.07, 6.45) is 0.527. The van der Waals surface area contributed by atoms with Gasteiger partial charge in [0.05, 0.1) is 15.0 Å². The summed E-state index contributed by atoms with van der Waals surface area (Å²) in [5.41, 5.74) is -0.0625. The molecule has 3 N–H and O–H groups in total. The molecule has 0 atom stereocenters. The molecule has 1 heterocycles. The minimum Gasteiger partial charge on any atom is -0.444 e. The molecular formula is C18H22Cl2N6O4. The first-order chi connectivity index (χ1) is 14.0. The average Bonchev–Trinajstić information content (AvgIpc) is 2.64. The lowest BCUT2D eigenvalue weighted by atomic mass is 10.2. The largest absolute Gasteiger partial charge is 0.444 e. The predicted molar refractivity (Wildman–Crippen MR) is 115 cm³/mol. The number of rotatable bonds is 8. The van der Waals surface area contributed by atoms with E-state index in [2.05, 4.69) is 25.9 Å². The molecule has 30 heavy (non-hydrogen) atoms. The second-order valence-electron chi connectivity index (χ2n) is 7.14. The number of nitrogens with zero attached hydrogens (tertiary/aromatic N) is 3. The first kappa shape index (κ1) is 23.4. The second-order valence-corrected chi connectivity index (χ2v) is 7.96. The monoisotopic (exact) mass is 456 g/mol. The summed E-state index contributed by atoms with van der Waals surface area (Å²) < 4.78 is 5.12. The van der Waals surface area contributed by atoms with Gasteiger partial charge in [-0.15, -0.1) is 0 Å². The molecular weight excluding hydrogens is 435 g/mol. The lowest BCUT2D eigenvalue weighted by molar-refractivity contribution is -0.384. The maximum Gasteiger partial charge on any atom is 0.407 e. The van der Waals surface area contributed by atoms with Gasteiger partial charge >= 0.3 is 11.8 Å². The molecule has 1 aromatic carbocycles. The zero-order valence-electron chi connectivity index (χ0n) is 16.7. The van der Waals surface area contributed by atoms with Crippen LogP contribution in [0.1, 0.15) is 26.3 Å². The highest BCUT2D eigenvalue weighted by atomic mass is 35.5. The van der Waals surface area contributed by atoms with Gasteiger partial charge in [0.1, 0.15) is 11.8 Å². The Morgan fingerprint density at radius 3 is 2.57 bits per heavy atom. The van der Waals surface area contributed by atoms with Crippen molar-refractivity contribution in [1.29, 1.82) is 0 Å². The molecule has 0 aliphatic carbocycles. The first-order valence-electron chi connectivity index (χ1n) is 8.95. The molecule has 0 unspecified atom stereocenters. The van der Waals surface area contributed by atoms with Crippen LogP contribution in [0, 0.1) is 10.1 Å². The van der Waals surface area contributed by atoms with Crippen LogP contribution in [0.2, 0.25) is 10.0 Å². The summed E-state index contributed by atoms with van der Waals surface area (Å²) in [6.45, 7) is 5.98. The standard InChI is InChI=1S/C18H22Cl2N6O4/c1-18(2,3)30-17(27)22-7-6-21-15-14(26(28)29)10-24-16(25-15)23-9-11-4-5-12(19)13(20)8-11/h4-5,8,10H,6-7,9H2,1-3H3,(H,22,27)(H2,21,23,24,25). The Morgan fingerprint density at radius 2 is 1.93 bits per heavy atom. The van der Waals surface area contributed by atoms with Crippen LogP contribution in [0.4, 0.5) is 22.2 Å². The van der Waals surface area contributed by atoms with Crippen molar-refractivity contribution in [3.8, 4) is 0 Å². The van der Waals surface area contributed by atoms with E-state index >= 15 is 0 Å². The molecule has 162 valence electrons. The van der Waals surface area contributed by atoms with Crippen molar-refractivity contribution in [3.05, 3.63) is 50.1 Å². The smallest absolute Gasteiger partial charge is 0.407 e. The Morgan fingerprint density at radius 1 is 1.20 bits per heavy atom. The summed E-state index contributed by atoms with van der Waals surface area (Å²) in [5, 5.41) is 20.4. The molecule has 10 nitrogen and oxygen atoms in total. The first-order valence-corrected chi connectivity index (χ1v) is 9.70. The number of ether oxygens (including phenoxy) is 1.